The number of methoxy groups -OCH3 is 1. The van der Waals surface area contributed by atoms with Crippen LogP contribution in [0.1, 0.15) is 13.8 Å². The molecule has 0 rings (SSSR count). The molecule has 74 valence electrons. The second kappa shape index (κ2) is 7.53. The second-order valence-corrected chi connectivity index (χ2v) is 3.23. The lowest BCUT2D eigenvalue weighted by atomic mass is 10.3. The van der Waals surface area contributed by atoms with Gasteiger partial charge in [-0.05, 0) is 20.9 Å². The molecular formula is C9H22N2O. The molecule has 0 aromatic heterocycles. The fourth-order valence-corrected chi connectivity index (χ4v) is 1.09. The second-order valence-electron chi connectivity index (χ2n) is 3.23. The largest absolute Gasteiger partial charge is 0.383 e. The molecule has 0 aromatic rings. The molecule has 0 aromatic carbocycles. The zero-order valence-electron chi connectivity index (χ0n) is 8.76. The molecule has 0 fully saturated rings. The maximum Gasteiger partial charge on any atom is 0.0589 e. The van der Waals surface area contributed by atoms with Crippen LogP contribution in [0, 0.1) is 0 Å². The van der Waals surface area contributed by atoms with Crippen LogP contribution in [0.25, 0.3) is 0 Å². The molecule has 0 bridgehead atoms. The van der Waals surface area contributed by atoms with E-state index in [-0.39, 0.29) is 0 Å². The Balaban J connectivity index is 3.55. The Bertz CT molecular complexity index is 88.5. The number of hydrogen-bond donors (Lipinski definition) is 1. The maximum atomic E-state index is 5.04. The minimum absolute atomic E-state index is 0.605. The van der Waals surface area contributed by atoms with Crippen LogP contribution in [0.3, 0.4) is 0 Å². The van der Waals surface area contributed by atoms with E-state index >= 15 is 0 Å². The predicted octanol–water partition coefficient (Wildman–Crippen LogP) is 0.563. The number of ether oxygens (including phenoxy) is 1. The summed E-state index contributed by atoms with van der Waals surface area (Å²) in [4.78, 5) is 2.40. The first kappa shape index (κ1) is 11.9. The molecule has 0 radical (unpaired) electrons. The molecule has 3 nitrogen and oxygen atoms in total. The molecule has 0 aliphatic heterocycles. The summed E-state index contributed by atoms with van der Waals surface area (Å²) in [6.45, 7) is 8.41. The summed E-state index contributed by atoms with van der Waals surface area (Å²) in [5.74, 6) is 0. The first-order chi connectivity index (χ1) is 5.72. The summed E-state index contributed by atoms with van der Waals surface area (Å²) in [7, 11) is 3.73. The lowest BCUT2D eigenvalue weighted by molar-refractivity contribution is 0.130. The lowest BCUT2D eigenvalue weighted by Crippen LogP contribution is -2.38. The minimum atomic E-state index is 0.605. The van der Waals surface area contributed by atoms with Gasteiger partial charge in [-0.15, -0.1) is 0 Å². The molecule has 3 heteroatoms. The van der Waals surface area contributed by atoms with Crippen molar-refractivity contribution in [3.63, 3.8) is 0 Å². The molecule has 1 N–H and O–H groups in total. The summed E-state index contributed by atoms with van der Waals surface area (Å²) in [5, 5.41) is 3.15. The van der Waals surface area contributed by atoms with Crippen LogP contribution >= 0.6 is 0 Å². The van der Waals surface area contributed by atoms with Crippen molar-refractivity contribution < 1.29 is 4.74 Å². The Kier molecular flexibility index (Phi) is 7.45. The van der Waals surface area contributed by atoms with Crippen molar-refractivity contribution >= 4 is 0 Å². The number of rotatable bonds is 7. The number of likely N-dealkylation sites (N-methyl/N-ethyl adjacent to an activating group) is 1. The van der Waals surface area contributed by atoms with Crippen molar-refractivity contribution in [3.8, 4) is 0 Å². The third kappa shape index (κ3) is 5.52. The standard InChI is InChI=1S/C9H22N2O/c1-9(2)11(6-5-10-3)7-8-12-4/h9-10H,5-8H2,1-4H3. The zero-order chi connectivity index (χ0) is 9.40. The number of hydrogen-bond acceptors (Lipinski definition) is 3. The lowest BCUT2D eigenvalue weighted by Gasteiger charge is -2.25. The summed E-state index contributed by atoms with van der Waals surface area (Å²) < 4.78 is 5.04. The van der Waals surface area contributed by atoms with Gasteiger partial charge in [-0.25, -0.2) is 0 Å². The highest BCUT2D eigenvalue weighted by Gasteiger charge is 2.06. The maximum absolute atomic E-state index is 5.04. The van der Waals surface area contributed by atoms with Crippen LogP contribution in [-0.4, -0.2) is 51.3 Å². The van der Waals surface area contributed by atoms with Crippen LogP contribution < -0.4 is 5.32 Å². The molecule has 0 spiro atoms. The average Bonchev–Trinajstić information content (AvgIpc) is 2.04. The van der Waals surface area contributed by atoms with Crippen molar-refractivity contribution in [2.75, 3.05) is 40.4 Å². The summed E-state index contributed by atoms with van der Waals surface area (Å²) in [6, 6.07) is 0.605. The molecule has 0 saturated carbocycles. The van der Waals surface area contributed by atoms with Gasteiger partial charge in [0.2, 0.25) is 0 Å². The van der Waals surface area contributed by atoms with Crippen molar-refractivity contribution in [1.82, 2.24) is 10.2 Å². The molecular weight excluding hydrogens is 152 g/mol. The summed E-state index contributed by atoms with van der Waals surface area (Å²) >= 11 is 0. The topological polar surface area (TPSA) is 24.5 Å². The molecule has 0 atom stereocenters. The fourth-order valence-electron chi connectivity index (χ4n) is 1.09. The highest BCUT2D eigenvalue weighted by molar-refractivity contribution is 4.62. The van der Waals surface area contributed by atoms with E-state index in [1.807, 2.05) is 7.05 Å². The average molecular weight is 174 g/mol. The summed E-state index contributed by atoms with van der Waals surface area (Å²) in [6.07, 6.45) is 0. The summed E-state index contributed by atoms with van der Waals surface area (Å²) in [5.41, 5.74) is 0. The third-order valence-corrected chi connectivity index (χ3v) is 1.96. The smallest absolute Gasteiger partial charge is 0.0589 e. The van der Waals surface area contributed by atoms with Gasteiger partial charge < -0.3 is 10.1 Å². The Morgan fingerprint density at radius 3 is 2.42 bits per heavy atom. The van der Waals surface area contributed by atoms with Crippen molar-refractivity contribution in [1.29, 1.82) is 0 Å². The number of nitrogens with zero attached hydrogens (tertiary/aromatic N) is 1. The number of nitrogens with one attached hydrogen (secondary N) is 1. The van der Waals surface area contributed by atoms with Crippen LogP contribution in [0.2, 0.25) is 0 Å². The van der Waals surface area contributed by atoms with E-state index in [0.717, 1.165) is 26.2 Å². The van der Waals surface area contributed by atoms with Gasteiger partial charge in [0.25, 0.3) is 0 Å². The molecule has 0 amide bonds. The van der Waals surface area contributed by atoms with Gasteiger partial charge in [0.05, 0.1) is 6.61 Å². The van der Waals surface area contributed by atoms with Gasteiger partial charge >= 0.3 is 0 Å². The van der Waals surface area contributed by atoms with E-state index in [9.17, 15) is 0 Å². The van der Waals surface area contributed by atoms with Crippen molar-refractivity contribution in [2.24, 2.45) is 0 Å². The Morgan fingerprint density at radius 2 is 2.00 bits per heavy atom. The predicted molar refractivity (Wildman–Crippen MR) is 52.5 cm³/mol. The van der Waals surface area contributed by atoms with E-state index in [1.165, 1.54) is 0 Å². The highest BCUT2D eigenvalue weighted by atomic mass is 16.5. The Morgan fingerprint density at radius 1 is 1.33 bits per heavy atom. The van der Waals surface area contributed by atoms with Gasteiger partial charge in [-0.3, -0.25) is 4.90 Å². The molecule has 0 aliphatic rings. The van der Waals surface area contributed by atoms with Crippen LogP contribution in [0.4, 0.5) is 0 Å². The van der Waals surface area contributed by atoms with E-state index in [1.54, 1.807) is 7.11 Å². The van der Waals surface area contributed by atoms with Gasteiger partial charge in [-0.1, -0.05) is 0 Å². The minimum Gasteiger partial charge on any atom is -0.383 e. The quantitative estimate of drug-likeness (QED) is 0.610. The van der Waals surface area contributed by atoms with Crippen LogP contribution in [0.15, 0.2) is 0 Å². The van der Waals surface area contributed by atoms with Gasteiger partial charge in [-0.2, -0.15) is 0 Å². The monoisotopic (exact) mass is 174 g/mol. The van der Waals surface area contributed by atoms with Crippen LogP contribution in [0.5, 0.6) is 0 Å². The third-order valence-electron chi connectivity index (χ3n) is 1.96. The Labute approximate surface area is 76.1 Å². The SMILES string of the molecule is CNCCN(CCOC)C(C)C. The van der Waals surface area contributed by atoms with Gasteiger partial charge in [0.1, 0.15) is 0 Å². The van der Waals surface area contributed by atoms with E-state index < -0.39 is 0 Å². The van der Waals surface area contributed by atoms with E-state index in [4.69, 9.17) is 4.74 Å². The van der Waals surface area contributed by atoms with Crippen LogP contribution in [-0.2, 0) is 4.74 Å². The van der Waals surface area contributed by atoms with Gasteiger partial charge in [0.15, 0.2) is 0 Å². The Hall–Kier alpha value is -0.120. The normalized spacial score (nSPS) is 11.5. The molecule has 0 heterocycles. The fraction of sp³-hybridized carbons (Fsp3) is 1.00. The van der Waals surface area contributed by atoms with Gasteiger partial charge in [0, 0.05) is 32.8 Å². The van der Waals surface area contributed by atoms with E-state index in [2.05, 4.69) is 24.1 Å². The first-order valence-corrected chi connectivity index (χ1v) is 4.60. The molecule has 12 heavy (non-hydrogen) atoms. The highest BCUT2D eigenvalue weighted by Crippen LogP contribution is 1.95. The first-order valence-electron chi connectivity index (χ1n) is 4.60. The molecule has 0 unspecified atom stereocenters. The molecule has 0 saturated heterocycles. The van der Waals surface area contributed by atoms with E-state index in [0.29, 0.717) is 6.04 Å². The molecule has 0 aliphatic carbocycles. The van der Waals surface area contributed by atoms with Crippen molar-refractivity contribution in [3.05, 3.63) is 0 Å². The zero-order valence-corrected chi connectivity index (χ0v) is 8.76. The van der Waals surface area contributed by atoms with Crippen molar-refractivity contribution in [2.45, 2.75) is 19.9 Å².